The van der Waals surface area contributed by atoms with Crippen molar-refractivity contribution in [2.75, 3.05) is 6.54 Å². The van der Waals surface area contributed by atoms with Crippen LogP contribution in [0.1, 0.15) is 5.56 Å². The Kier molecular flexibility index (Phi) is 7.22. The predicted octanol–water partition coefficient (Wildman–Crippen LogP) is 1.22. The Labute approximate surface area is 79.0 Å². The smallest absolute Gasteiger partial charge is 0.207 e. The maximum absolute atomic E-state index is 9.88. The van der Waals surface area contributed by atoms with Crippen LogP contribution in [0.2, 0.25) is 0 Å². The van der Waals surface area contributed by atoms with E-state index in [0.717, 1.165) is 12.8 Å². The van der Waals surface area contributed by atoms with Crippen molar-refractivity contribution in [2.24, 2.45) is 0 Å². The lowest BCUT2D eigenvalue weighted by Crippen LogP contribution is -2.14. The van der Waals surface area contributed by atoms with Gasteiger partial charge >= 0.3 is 0 Å². The Hall–Kier alpha value is -1.75. The normalized spacial score (nSPS) is 7.85. The van der Waals surface area contributed by atoms with Crippen LogP contribution in [0.5, 0.6) is 0 Å². The molecule has 0 heterocycles. The fourth-order valence-electron chi connectivity index (χ4n) is 0.920. The second kappa shape index (κ2) is 8.35. The summed E-state index contributed by atoms with van der Waals surface area (Å²) in [7, 11) is 0. The van der Waals surface area contributed by atoms with Crippen LogP contribution in [0.25, 0.3) is 0 Å². The van der Waals surface area contributed by atoms with Crippen molar-refractivity contribution in [3.63, 3.8) is 0 Å². The van der Waals surface area contributed by atoms with E-state index in [2.05, 4.69) is 18.2 Å². The number of rotatable bonds is 4. The molecule has 1 aromatic rings. The zero-order chi connectivity index (χ0) is 9.94. The molecule has 1 rings (SSSR count). The van der Waals surface area contributed by atoms with Crippen molar-refractivity contribution in [3.8, 4) is 12.8 Å². The average Bonchev–Trinajstić information content (AvgIpc) is 2.23. The van der Waals surface area contributed by atoms with Gasteiger partial charge in [0, 0.05) is 6.54 Å². The van der Waals surface area contributed by atoms with Gasteiger partial charge in [0.15, 0.2) is 0 Å². The van der Waals surface area contributed by atoms with Crippen LogP contribution < -0.4 is 5.32 Å². The monoisotopic (exact) mass is 175 g/mol. The second-order valence-electron chi connectivity index (χ2n) is 2.31. The first-order valence-corrected chi connectivity index (χ1v) is 3.98. The molecule has 1 aromatic carbocycles. The molecular formula is C11H13NO. The highest BCUT2D eigenvalue weighted by Gasteiger charge is 1.88. The minimum absolute atomic E-state index is 0.716. The van der Waals surface area contributed by atoms with Gasteiger partial charge in [0.25, 0.3) is 0 Å². The molecule has 0 atom stereocenters. The van der Waals surface area contributed by atoms with Gasteiger partial charge in [0.05, 0.1) is 0 Å². The van der Waals surface area contributed by atoms with E-state index in [-0.39, 0.29) is 0 Å². The number of carbonyl (C=O) groups is 1. The molecule has 1 N–H and O–H groups in total. The lowest BCUT2D eigenvalue weighted by molar-refractivity contribution is -0.109. The van der Waals surface area contributed by atoms with Crippen molar-refractivity contribution < 1.29 is 4.79 Å². The van der Waals surface area contributed by atoms with Gasteiger partial charge in [-0.15, -0.1) is 12.8 Å². The summed E-state index contributed by atoms with van der Waals surface area (Å²) in [6, 6.07) is 10.1. The zero-order valence-electron chi connectivity index (χ0n) is 7.44. The number of terminal acetylenes is 1. The predicted molar refractivity (Wildman–Crippen MR) is 54.1 cm³/mol. The fourth-order valence-corrected chi connectivity index (χ4v) is 0.920. The lowest BCUT2D eigenvalue weighted by Gasteiger charge is -1.98. The first-order chi connectivity index (χ1) is 6.43. The highest BCUT2D eigenvalue weighted by molar-refractivity contribution is 5.45. The Morgan fingerprint density at radius 2 is 1.85 bits per heavy atom. The quantitative estimate of drug-likeness (QED) is 0.416. The molecule has 0 aliphatic carbocycles. The fraction of sp³-hybridized carbons (Fsp3) is 0.182. The van der Waals surface area contributed by atoms with Gasteiger partial charge in [0.2, 0.25) is 6.41 Å². The summed E-state index contributed by atoms with van der Waals surface area (Å²) in [6.45, 7) is 0.716. The van der Waals surface area contributed by atoms with Gasteiger partial charge in [-0.05, 0) is 12.0 Å². The van der Waals surface area contributed by atoms with E-state index in [0.29, 0.717) is 6.54 Å². The highest BCUT2D eigenvalue weighted by Crippen LogP contribution is 1.97. The third-order valence-electron chi connectivity index (χ3n) is 1.48. The summed E-state index contributed by atoms with van der Waals surface area (Å²) in [5.74, 6) is 0. The standard InChI is InChI=1S/C9H11NO.C2H2/c11-8-10-7-6-9-4-2-1-3-5-9;1-2/h1-5,8H,6-7H2,(H,10,11);1-2H. The van der Waals surface area contributed by atoms with Crippen LogP contribution in [0.3, 0.4) is 0 Å². The molecule has 0 aromatic heterocycles. The van der Waals surface area contributed by atoms with Gasteiger partial charge in [-0.25, -0.2) is 0 Å². The molecule has 0 bridgehead atoms. The van der Waals surface area contributed by atoms with Crippen LogP contribution in [-0.2, 0) is 11.2 Å². The summed E-state index contributed by atoms with van der Waals surface area (Å²) in [5, 5.41) is 2.62. The SMILES string of the molecule is C#C.O=CNCCc1ccccc1. The molecule has 0 aliphatic rings. The van der Waals surface area contributed by atoms with Gasteiger partial charge in [0.1, 0.15) is 0 Å². The number of benzene rings is 1. The minimum Gasteiger partial charge on any atom is -0.358 e. The summed E-state index contributed by atoms with van der Waals surface area (Å²) >= 11 is 0. The molecule has 2 nitrogen and oxygen atoms in total. The molecule has 0 saturated carbocycles. The largest absolute Gasteiger partial charge is 0.358 e. The first kappa shape index (κ1) is 11.2. The molecule has 2 heteroatoms. The van der Waals surface area contributed by atoms with Crippen LogP contribution >= 0.6 is 0 Å². The Morgan fingerprint density at radius 1 is 1.23 bits per heavy atom. The molecule has 0 radical (unpaired) electrons. The minimum atomic E-state index is 0.716. The molecule has 13 heavy (non-hydrogen) atoms. The van der Waals surface area contributed by atoms with Crippen LogP contribution in [0, 0.1) is 12.8 Å². The van der Waals surface area contributed by atoms with E-state index in [9.17, 15) is 4.79 Å². The van der Waals surface area contributed by atoms with Gasteiger partial charge in [-0.2, -0.15) is 0 Å². The van der Waals surface area contributed by atoms with E-state index in [1.807, 2.05) is 30.3 Å². The zero-order valence-corrected chi connectivity index (χ0v) is 7.44. The third-order valence-corrected chi connectivity index (χ3v) is 1.48. The van der Waals surface area contributed by atoms with E-state index >= 15 is 0 Å². The number of hydrogen-bond donors (Lipinski definition) is 1. The van der Waals surface area contributed by atoms with Gasteiger partial charge < -0.3 is 5.32 Å². The van der Waals surface area contributed by atoms with E-state index in [1.165, 1.54) is 5.56 Å². The maximum Gasteiger partial charge on any atom is 0.207 e. The Bertz CT molecular complexity index is 241. The molecule has 0 fully saturated rings. The number of hydrogen-bond acceptors (Lipinski definition) is 1. The maximum atomic E-state index is 9.88. The Balaban J connectivity index is 0.000000671. The number of nitrogens with one attached hydrogen (secondary N) is 1. The van der Waals surface area contributed by atoms with E-state index in [4.69, 9.17) is 0 Å². The van der Waals surface area contributed by atoms with Gasteiger partial charge in [-0.3, -0.25) is 4.79 Å². The van der Waals surface area contributed by atoms with Crippen molar-refractivity contribution in [2.45, 2.75) is 6.42 Å². The summed E-state index contributed by atoms with van der Waals surface area (Å²) in [4.78, 5) is 9.88. The topological polar surface area (TPSA) is 29.1 Å². The molecular weight excluding hydrogens is 162 g/mol. The lowest BCUT2D eigenvalue weighted by atomic mass is 10.2. The first-order valence-electron chi connectivity index (χ1n) is 3.98. The molecule has 0 unspecified atom stereocenters. The number of carbonyl (C=O) groups excluding carboxylic acids is 1. The summed E-state index contributed by atoms with van der Waals surface area (Å²) in [5.41, 5.74) is 1.25. The van der Waals surface area contributed by atoms with Crippen LogP contribution in [0.15, 0.2) is 30.3 Å². The number of amides is 1. The van der Waals surface area contributed by atoms with Crippen molar-refractivity contribution >= 4 is 6.41 Å². The van der Waals surface area contributed by atoms with Crippen molar-refractivity contribution in [3.05, 3.63) is 35.9 Å². The summed E-state index contributed by atoms with van der Waals surface area (Å²) < 4.78 is 0. The van der Waals surface area contributed by atoms with E-state index in [1.54, 1.807) is 0 Å². The third kappa shape index (κ3) is 5.51. The van der Waals surface area contributed by atoms with Crippen molar-refractivity contribution in [1.29, 1.82) is 0 Å². The highest BCUT2D eigenvalue weighted by atomic mass is 16.1. The molecule has 0 aliphatic heterocycles. The molecule has 1 amide bonds. The molecule has 0 spiro atoms. The average molecular weight is 175 g/mol. The van der Waals surface area contributed by atoms with Crippen molar-refractivity contribution in [1.82, 2.24) is 5.32 Å². The Morgan fingerprint density at radius 3 is 2.38 bits per heavy atom. The van der Waals surface area contributed by atoms with Crippen LogP contribution in [0.4, 0.5) is 0 Å². The molecule has 0 saturated heterocycles. The molecule has 68 valence electrons. The second-order valence-corrected chi connectivity index (χ2v) is 2.31. The van der Waals surface area contributed by atoms with Gasteiger partial charge in [-0.1, -0.05) is 30.3 Å². The van der Waals surface area contributed by atoms with E-state index < -0.39 is 0 Å². The summed E-state index contributed by atoms with van der Waals surface area (Å²) in [6.07, 6.45) is 9.63. The van der Waals surface area contributed by atoms with Crippen LogP contribution in [-0.4, -0.2) is 13.0 Å².